The first kappa shape index (κ1) is 20.6. The third kappa shape index (κ3) is 4.55. The first-order valence-corrected chi connectivity index (χ1v) is 11.2. The molecule has 1 heterocycles. The van der Waals surface area contributed by atoms with E-state index >= 15 is 0 Å². The fraction of sp³-hybridized carbons (Fsp3) is 0.360. The van der Waals surface area contributed by atoms with Gasteiger partial charge in [-0.2, -0.15) is 0 Å². The summed E-state index contributed by atoms with van der Waals surface area (Å²) in [6, 6.07) is 16.2. The maximum Gasteiger partial charge on any atom is 0.327 e. The number of rotatable bonds is 4. The van der Waals surface area contributed by atoms with Crippen LogP contribution in [0.25, 0.3) is 0 Å². The molecule has 1 saturated carbocycles. The largest absolute Gasteiger partial charge is 0.508 e. The van der Waals surface area contributed by atoms with Gasteiger partial charge in [0.05, 0.1) is 6.42 Å². The summed E-state index contributed by atoms with van der Waals surface area (Å²) < 4.78 is 6.04. The van der Waals surface area contributed by atoms with Crippen molar-refractivity contribution in [3.63, 3.8) is 0 Å². The quantitative estimate of drug-likeness (QED) is 0.440. The fourth-order valence-electron chi connectivity index (χ4n) is 4.36. The van der Waals surface area contributed by atoms with Gasteiger partial charge in [-0.05, 0) is 43.2 Å². The number of hydrogen-bond donors (Lipinski definition) is 1. The number of aromatic hydroxyl groups is 1. The van der Waals surface area contributed by atoms with Crippen LogP contribution in [0.5, 0.6) is 5.75 Å². The summed E-state index contributed by atoms with van der Waals surface area (Å²) >= 11 is 1.26. The third-order valence-electron chi connectivity index (χ3n) is 5.85. The highest BCUT2D eigenvalue weighted by Crippen LogP contribution is 2.45. The highest BCUT2D eigenvalue weighted by atomic mass is 32.2. The Labute approximate surface area is 181 Å². The monoisotopic (exact) mass is 420 g/mol. The number of phenols is 1. The Hall–Kier alpha value is -2.71. The van der Waals surface area contributed by atoms with Crippen LogP contribution < -0.4 is 0 Å². The standard InChI is InChI=1S/C25H24O4S/c26-20-12-6-8-18(16-20)9-7-15-25(19-10-4-5-11-19)17-22(27)23(24(28)29-25)30-21-13-2-1-3-14-21/h1-3,6,8,12-14,16,19,23,26H,4-5,10-11,15,17H2. The number of carbonyl (C=O) groups is 2. The molecule has 1 aliphatic heterocycles. The predicted molar refractivity (Wildman–Crippen MR) is 116 cm³/mol. The summed E-state index contributed by atoms with van der Waals surface area (Å²) in [7, 11) is 0. The average molecular weight is 421 g/mol. The van der Waals surface area contributed by atoms with Crippen LogP contribution in [-0.2, 0) is 14.3 Å². The number of esters is 1. The molecule has 30 heavy (non-hydrogen) atoms. The Morgan fingerprint density at radius 3 is 2.53 bits per heavy atom. The molecule has 5 heteroatoms. The van der Waals surface area contributed by atoms with E-state index in [0.717, 1.165) is 30.6 Å². The van der Waals surface area contributed by atoms with E-state index < -0.39 is 16.8 Å². The van der Waals surface area contributed by atoms with Crippen molar-refractivity contribution in [1.82, 2.24) is 0 Å². The molecule has 0 bridgehead atoms. The molecule has 2 aromatic rings. The third-order valence-corrected chi connectivity index (χ3v) is 7.08. The Balaban J connectivity index is 1.54. The zero-order valence-electron chi connectivity index (χ0n) is 16.7. The Kier molecular flexibility index (Phi) is 6.15. The van der Waals surface area contributed by atoms with Gasteiger partial charge in [-0.15, -0.1) is 11.8 Å². The molecule has 0 spiro atoms. The van der Waals surface area contributed by atoms with E-state index in [0.29, 0.717) is 12.0 Å². The number of ketones is 1. The summed E-state index contributed by atoms with van der Waals surface area (Å²) in [4.78, 5) is 26.8. The van der Waals surface area contributed by atoms with Crippen LogP contribution in [-0.4, -0.2) is 27.7 Å². The molecule has 2 fully saturated rings. The van der Waals surface area contributed by atoms with Gasteiger partial charge in [0.15, 0.2) is 11.0 Å². The number of ether oxygens (including phenoxy) is 1. The molecule has 1 aliphatic carbocycles. The highest BCUT2D eigenvalue weighted by molar-refractivity contribution is 8.01. The van der Waals surface area contributed by atoms with Crippen LogP contribution in [0.2, 0.25) is 0 Å². The topological polar surface area (TPSA) is 63.6 Å². The molecule has 0 aromatic heterocycles. The van der Waals surface area contributed by atoms with Crippen molar-refractivity contribution >= 4 is 23.5 Å². The number of benzene rings is 2. The minimum absolute atomic E-state index is 0.0776. The van der Waals surface area contributed by atoms with E-state index in [1.54, 1.807) is 18.2 Å². The van der Waals surface area contributed by atoms with Gasteiger partial charge in [0.2, 0.25) is 0 Å². The van der Waals surface area contributed by atoms with Gasteiger partial charge >= 0.3 is 5.97 Å². The summed E-state index contributed by atoms with van der Waals surface area (Å²) in [5.41, 5.74) is -0.148. The van der Waals surface area contributed by atoms with Gasteiger partial charge in [-0.3, -0.25) is 9.59 Å². The SMILES string of the molecule is O=C1CC(CC#Cc2cccc(O)c2)(C2CCCC2)OC(=O)C1Sc1ccccc1. The molecule has 0 radical (unpaired) electrons. The van der Waals surface area contributed by atoms with E-state index in [1.807, 2.05) is 36.4 Å². The van der Waals surface area contributed by atoms with Gasteiger partial charge in [0.25, 0.3) is 0 Å². The molecule has 1 N–H and O–H groups in total. The molecule has 0 amide bonds. The zero-order chi connectivity index (χ0) is 21.0. The number of hydrogen-bond acceptors (Lipinski definition) is 5. The molecule has 4 rings (SSSR count). The first-order chi connectivity index (χ1) is 14.6. The molecule has 1 saturated heterocycles. The lowest BCUT2D eigenvalue weighted by Crippen LogP contribution is -2.52. The molecule has 2 aliphatic rings. The van der Waals surface area contributed by atoms with Crippen LogP contribution in [0.4, 0.5) is 0 Å². The number of thioether (sulfide) groups is 1. The Morgan fingerprint density at radius 2 is 1.83 bits per heavy atom. The molecular weight excluding hydrogens is 396 g/mol. The van der Waals surface area contributed by atoms with E-state index in [2.05, 4.69) is 11.8 Å². The van der Waals surface area contributed by atoms with Crippen LogP contribution in [0.1, 0.15) is 44.1 Å². The summed E-state index contributed by atoms with van der Waals surface area (Å²) in [6.45, 7) is 0. The van der Waals surface area contributed by atoms with Crippen molar-refractivity contribution in [3.05, 3.63) is 60.2 Å². The van der Waals surface area contributed by atoms with Crippen LogP contribution in [0.3, 0.4) is 0 Å². The van der Waals surface area contributed by atoms with Gasteiger partial charge < -0.3 is 9.84 Å². The number of Topliss-reactive ketones (excluding diaryl/α,β-unsaturated/α-hetero) is 1. The average Bonchev–Trinajstić information content (AvgIpc) is 3.27. The smallest absolute Gasteiger partial charge is 0.327 e. The summed E-state index contributed by atoms with van der Waals surface area (Å²) in [6.07, 6.45) is 4.60. The number of carbonyl (C=O) groups excluding carboxylic acids is 2. The molecule has 4 nitrogen and oxygen atoms in total. The zero-order valence-corrected chi connectivity index (χ0v) is 17.5. The Bertz CT molecular complexity index is 965. The molecule has 2 atom stereocenters. The lowest BCUT2D eigenvalue weighted by Gasteiger charge is -2.41. The van der Waals surface area contributed by atoms with E-state index in [9.17, 15) is 14.7 Å². The highest BCUT2D eigenvalue weighted by Gasteiger charge is 2.51. The number of phenolic OH excluding ortho intramolecular Hbond substituents is 1. The molecule has 2 aromatic carbocycles. The second-order valence-corrected chi connectivity index (χ2v) is 9.13. The minimum Gasteiger partial charge on any atom is -0.508 e. The molecule has 154 valence electrons. The van der Waals surface area contributed by atoms with Crippen molar-refractivity contribution in [1.29, 1.82) is 0 Å². The van der Waals surface area contributed by atoms with E-state index in [4.69, 9.17) is 4.74 Å². The lowest BCUT2D eigenvalue weighted by molar-refractivity contribution is -0.175. The van der Waals surface area contributed by atoms with Gasteiger partial charge in [-0.25, -0.2) is 0 Å². The van der Waals surface area contributed by atoms with Crippen molar-refractivity contribution in [2.45, 2.75) is 54.3 Å². The van der Waals surface area contributed by atoms with Crippen molar-refractivity contribution in [3.8, 4) is 17.6 Å². The lowest BCUT2D eigenvalue weighted by atomic mass is 9.77. The van der Waals surface area contributed by atoms with Crippen LogP contribution >= 0.6 is 11.8 Å². The van der Waals surface area contributed by atoms with Gasteiger partial charge in [0, 0.05) is 22.8 Å². The Morgan fingerprint density at radius 1 is 1.07 bits per heavy atom. The van der Waals surface area contributed by atoms with Crippen molar-refractivity contribution in [2.24, 2.45) is 5.92 Å². The summed E-state index contributed by atoms with van der Waals surface area (Å²) in [5.74, 6) is 5.96. The van der Waals surface area contributed by atoms with Crippen molar-refractivity contribution < 1.29 is 19.4 Å². The maximum absolute atomic E-state index is 13.1. The van der Waals surface area contributed by atoms with Crippen molar-refractivity contribution in [2.75, 3.05) is 0 Å². The minimum atomic E-state index is -0.845. The molecular formula is C25H24O4S. The normalized spacial score (nSPS) is 24.2. The van der Waals surface area contributed by atoms with E-state index in [-0.39, 0.29) is 23.9 Å². The van der Waals surface area contributed by atoms with Gasteiger partial charge in [0.1, 0.15) is 11.4 Å². The fourth-order valence-corrected chi connectivity index (χ4v) is 5.31. The first-order valence-electron chi connectivity index (χ1n) is 10.3. The van der Waals surface area contributed by atoms with E-state index in [1.165, 1.54) is 11.8 Å². The number of cyclic esters (lactones) is 1. The molecule has 2 unspecified atom stereocenters. The van der Waals surface area contributed by atoms with Gasteiger partial charge in [-0.1, -0.05) is 48.9 Å². The predicted octanol–water partition coefficient (Wildman–Crippen LogP) is 4.74. The second kappa shape index (κ2) is 8.97. The van der Waals surface area contributed by atoms with Crippen LogP contribution in [0, 0.1) is 17.8 Å². The maximum atomic E-state index is 13.1. The van der Waals surface area contributed by atoms with Crippen LogP contribution in [0.15, 0.2) is 59.5 Å². The second-order valence-electron chi connectivity index (χ2n) is 7.95. The summed E-state index contributed by atoms with van der Waals surface area (Å²) in [5, 5.41) is 8.80.